The number of carbonyl (C=O) groups excluding carboxylic acids is 1. The van der Waals surface area contributed by atoms with Crippen LogP contribution in [0, 0.1) is 13.7 Å². The minimum absolute atomic E-state index is 0.0505. The Balaban J connectivity index is 2.06. The molecule has 1 unspecified atom stereocenters. The number of aliphatic hydroxyl groups excluding tert-OH is 1. The fraction of sp³-hybridized carbons (Fsp3) is 0.154. The lowest BCUT2D eigenvalue weighted by Gasteiger charge is -2.10. The molecule has 0 aliphatic heterocycles. The summed E-state index contributed by atoms with van der Waals surface area (Å²) in [4.78, 5) is 22.2. The van der Waals surface area contributed by atoms with Crippen molar-refractivity contribution in [2.45, 2.75) is 6.10 Å². The average molecular weight is 402 g/mol. The number of aliphatic hydroxyl groups is 1. The first-order chi connectivity index (χ1) is 9.99. The fourth-order valence-corrected chi connectivity index (χ4v) is 2.25. The zero-order valence-electron chi connectivity index (χ0n) is 10.7. The molecule has 8 heteroatoms. The second kappa shape index (κ2) is 6.68. The van der Waals surface area contributed by atoms with Crippen LogP contribution in [0.1, 0.15) is 22.2 Å². The van der Waals surface area contributed by atoms with Gasteiger partial charge in [-0.05, 0) is 40.8 Å². The minimum atomic E-state index is -0.972. The number of carbonyl (C=O) groups is 1. The average Bonchev–Trinajstić information content (AvgIpc) is 2.98. The fourth-order valence-electron chi connectivity index (χ4n) is 1.67. The van der Waals surface area contributed by atoms with Gasteiger partial charge in [-0.1, -0.05) is 0 Å². The van der Waals surface area contributed by atoms with Crippen molar-refractivity contribution in [2.75, 3.05) is 6.54 Å². The highest BCUT2D eigenvalue weighted by molar-refractivity contribution is 14.1. The van der Waals surface area contributed by atoms with E-state index < -0.39 is 16.9 Å². The van der Waals surface area contributed by atoms with Gasteiger partial charge < -0.3 is 14.8 Å². The Morgan fingerprint density at radius 3 is 2.86 bits per heavy atom. The van der Waals surface area contributed by atoms with Gasteiger partial charge in [-0.2, -0.15) is 0 Å². The van der Waals surface area contributed by atoms with Crippen LogP contribution in [0.2, 0.25) is 0 Å². The summed E-state index contributed by atoms with van der Waals surface area (Å²) in [5, 5.41) is 23.0. The number of halogens is 1. The zero-order chi connectivity index (χ0) is 15.4. The second-order valence-electron chi connectivity index (χ2n) is 4.16. The van der Waals surface area contributed by atoms with E-state index in [0.717, 1.165) is 0 Å². The molecule has 2 aromatic rings. The number of non-ortho nitro benzene ring substituents is 1. The number of nitrogens with zero attached hydrogens (tertiary/aromatic N) is 1. The van der Waals surface area contributed by atoms with Crippen LogP contribution in [-0.4, -0.2) is 22.5 Å². The maximum Gasteiger partial charge on any atom is 0.270 e. The van der Waals surface area contributed by atoms with E-state index in [2.05, 4.69) is 5.32 Å². The number of benzene rings is 1. The minimum Gasteiger partial charge on any atom is -0.467 e. The number of nitro groups is 1. The molecule has 0 saturated carbocycles. The molecule has 0 radical (unpaired) electrons. The number of furan rings is 1. The lowest BCUT2D eigenvalue weighted by atomic mass is 10.2. The molecule has 0 spiro atoms. The van der Waals surface area contributed by atoms with Gasteiger partial charge in [0.2, 0.25) is 0 Å². The normalized spacial score (nSPS) is 11.9. The SMILES string of the molecule is O=C(NCC(O)c1ccco1)c1cc([N+](=O)[O-])ccc1I. The molecule has 2 rings (SSSR count). The second-order valence-corrected chi connectivity index (χ2v) is 5.32. The molecule has 0 aliphatic rings. The van der Waals surface area contributed by atoms with Crippen molar-refractivity contribution in [3.63, 3.8) is 0 Å². The van der Waals surface area contributed by atoms with Crippen molar-refractivity contribution < 1.29 is 19.2 Å². The van der Waals surface area contributed by atoms with Crippen LogP contribution in [0.15, 0.2) is 41.0 Å². The highest BCUT2D eigenvalue weighted by Gasteiger charge is 2.17. The summed E-state index contributed by atoms with van der Waals surface area (Å²) in [7, 11) is 0. The smallest absolute Gasteiger partial charge is 0.270 e. The molecule has 0 fully saturated rings. The molecule has 1 aromatic carbocycles. The summed E-state index contributed by atoms with van der Waals surface area (Å²) in [6.07, 6.45) is 0.449. The van der Waals surface area contributed by atoms with E-state index in [9.17, 15) is 20.0 Å². The van der Waals surface area contributed by atoms with Gasteiger partial charge in [-0.15, -0.1) is 0 Å². The van der Waals surface area contributed by atoms with Crippen molar-refractivity contribution in [3.05, 3.63) is 61.6 Å². The van der Waals surface area contributed by atoms with E-state index in [-0.39, 0.29) is 17.8 Å². The van der Waals surface area contributed by atoms with Gasteiger partial charge in [0.1, 0.15) is 11.9 Å². The summed E-state index contributed by atoms with van der Waals surface area (Å²) >= 11 is 1.92. The molecule has 1 aromatic heterocycles. The van der Waals surface area contributed by atoms with E-state index in [1.165, 1.54) is 24.5 Å². The molecule has 21 heavy (non-hydrogen) atoms. The van der Waals surface area contributed by atoms with Gasteiger partial charge in [0.05, 0.1) is 23.3 Å². The lowest BCUT2D eigenvalue weighted by molar-refractivity contribution is -0.384. The van der Waals surface area contributed by atoms with Crippen molar-refractivity contribution in [1.29, 1.82) is 0 Å². The summed E-state index contributed by atoms with van der Waals surface area (Å²) in [5.74, 6) is -0.155. The summed E-state index contributed by atoms with van der Waals surface area (Å²) < 4.78 is 5.60. The van der Waals surface area contributed by atoms with E-state index in [1.54, 1.807) is 12.1 Å². The van der Waals surface area contributed by atoms with Gasteiger partial charge >= 0.3 is 0 Å². The monoisotopic (exact) mass is 402 g/mol. The highest BCUT2D eigenvalue weighted by atomic mass is 127. The predicted octanol–water partition coefficient (Wildman–Crippen LogP) is 2.26. The number of hydrogen-bond acceptors (Lipinski definition) is 5. The first kappa shape index (κ1) is 15.4. The molecule has 1 heterocycles. The third-order valence-corrected chi connectivity index (χ3v) is 3.67. The quantitative estimate of drug-likeness (QED) is 0.454. The molecule has 0 bridgehead atoms. The highest BCUT2D eigenvalue weighted by Crippen LogP contribution is 2.20. The molecule has 1 atom stereocenters. The molecule has 0 aliphatic carbocycles. The van der Waals surface area contributed by atoms with Gasteiger partial charge in [0.15, 0.2) is 0 Å². The molecular weight excluding hydrogens is 391 g/mol. The van der Waals surface area contributed by atoms with Gasteiger partial charge in [-0.25, -0.2) is 0 Å². The van der Waals surface area contributed by atoms with Gasteiger partial charge in [0.25, 0.3) is 11.6 Å². The Kier molecular flexibility index (Phi) is 4.91. The van der Waals surface area contributed by atoms with Crippen LogP contribution in [0.5, 0.6) is 0 Å². The molecule has 1 amide bonds. The Hall–Kier alpha value is -1.94. The first-order valence-electron chi connectivity index (χ1n) is 5.92. The molecule has 7 nitrogen and oxygen atoms in total. The van der Waals surface area contributed by atoms with Crippen molar-refractivity contribution in [2.24, 2.45) is 0 Å². The van der Waals surface area contributed by atoms with Crippen molar-refractivity contribution >= 4 is 34.2 Å². The zero-order valence-corrected chi connectivity index (χ0v) is 12.8. The number of nitro benzene ring substituents is 1. The van der Waals surface area contributed by atoms with E-state index in [4.69, 9.17) is 4.42 Å². The molecular formula is C13H11IN2O5. The lowest BCUT2D eigenvalue weighted by Crippen LogP contribution is -2.28. The molecule has 110 valence electrons. The largest absolute Gasteiger partial charge is 0.467 e. The van der Waals surface area contributed by atoms with Crippen LogP contribution in [0.3, 0.4) is 0 Å². The van der Waals surface area contributed by atoms with E-state index in [1.807, 2.05) is 22.6 Å². The van der Waals surface area contributed by atoms with E-state index in [0.29, 0.717) is 9.33 Å². The molecule has 2 N–H and O–H groups in total. The number of nitrogens with one attached hydrogen (secondary N) is 1. The van der Waals surface area contributed by atoms with Crippen molar-refractivity contribution in [1.82, 2.24) is 5.32 Å². The van der Waals surface area contributed by atoms with Crippen LogP contribution in [0.25, 0.3) is 0 Å². The maximum atomic E-state index is 12.0. The van der Waals surface area contributed by atoms with Crippen LogP contribution in [0.4, 0.5) is 5.69 Å². The number of hydrogen-bond donors (Lipinski definition) is 2. The third kappa shape index (κ3) is 3.79. The van der Waals surface area contributed by atoms with E-state index >= 15 is 0 Å². The van der Waals surface area contributed by atoms with Crippen LogP contribution in [-0.2, 0) is 0 Å². The Morgan fingerprint density at radius 1 is 1.48 bits per heavy atom. The van der Waals surface area contributed by atoms with Crippen LogP contribution >= 0.6 is 22.6 Å². The third-order valence-electron chi connectivity index (χ3n) is 2.73. The standard InChI is InChI=1S/C13H11IN2O5/c14-10-4-3-8(16(19)20)6-9(10)13(18)15-7-11(17)12-2-1-5-21-12/h1-6,11,17H,7H2,(H,15,18). The van der Waals surface area contributed by atoms with Crippen LogP contribution < -0.4 is 5.32 Å². The van der Waals surface area contributed by atoms with Gasteiger partial charge in [-0.3, -0.25) is 14.9 Å². The Labute approximate surface area is 133 Å². The summed E-state index contributed by atoms with van der Waals surface area (Å²) in [5.41, 5.74) is 0.0311. The molecule has 0 saturated heterocycles. The predicted molar refractivity (Wildman–Crippen MR) is 81.8 cm³/mol. The Bertz CT molecular complexity index is 657. The number of rotatable bonds is 5. The Morgan fingerprint density at radius 2 is 2.24 bits per heavy atom. The summed E-state index contributed by atoms with van der Waals surface area (Å²) in [6, 6.07) is 7.25. The maximum absolute atomic E-state index is 12.0. The van der Waals surface area contributed by atoms with Gasteiger partial charge in [0, 0.05) is 15.7 Å². The summed E-state index contributed by atoms with van der Waals surface area (Å²) in [6.45, 7) is -0.0505. The topological polar surface area (TPSA) is 106 Å². The van der Waals surface area contributed by atoms with Crippen molar-refractivity contribution in [3.8, 4) is 0 Å². The first-order valence-corrected chi connectivity index (χ1v) is 7.00. The number of amides is 1.